The molecule has 1 aromatic heterocycles. The number of aryl methyl sites for hydroxylation is 2. The molecule has 4 heteroatoms. The highest BCUT2D eigenvalue weighted by atomic mass is 32.1. The number of anilines is 1. The third kappa shape index (κ3) is 3.40. The van der Waals surface area contributed by atoms with Gasteiger partial charge in [0.25, 0.3) is 0 Å². The summed E-state index contributed by atoms with van der Waals surface area (Å²) in [5, 5.41) is 5.35. The van der Waals surface area contributed by atoms with Gasteiger partial charge in [0.1, 0.15) is 0 Å². The molecule has 1 atom stereocenters. The first-order valence-electron chi connectivity index (χ1n) is 8.85. The Morgan fingerprint density at radius 1 is 1.25 bits per heavy atom. The monoisotopic (exact) mass is 342 g/mol. The van der Waals surface area contributed by atoms with Gasteiger partial charge < -0.3 is 5.32 Å². The lowest BCUT2D eigenvalue weighted by molar-refractivity contribution is -0.117. The van der Waals surface area contributed by atoms with Crippen LogP contribution < -0.4 is 5.32 Å². The number of carbonyl (C=O) groups excluding carboxylic acids is 1. The molecule has 3 rings (SSSR count). The highest BCUT2D eigenvalue weighted by Crippen LogP contribution is 2.32. The van der Waals surface area contributed by atoms with Crippen LogP contribution in [0.1, 0.15) is 48.4 Å². The van der Waals surface area contributed by atoms with E-state index in [1.807, 2.05) is 11.3 Å². The summed E-state index contributed by atoms with van der Waals surface area (Å²) >= 11 is 1.84. The molecule has 0 aliphatic carbocycles. The molecule has 2 aromatic rings. The Morgan fingerprint density at radius 3 is 2.62 bits per heavy atom. The molecule has 0 spiro atoms. The molecule has 3 nitrogen and oxygen atoms in total. The number of rotatable bonds is 5. The van der Waals surface area contributed by atoms with Crippen molar-refractivity contribution < 1.29 is 4.79 Å². The maximum atomic E-state index is 12.7. The predicted octanol–water partition coefficient (Wildman–Crippen LogP) is 4.43. The van der Waals surface area contributed by atoms with Crippen LogP contribution in [0.2, 0.25) is 0 Å². The van der Waals surface area contributed by atoms with Gasteiger partial charge in [0, 0.05) is 23.2 Å². The van der Waals surface area contributed by atoms with Crippen LogP contribution >= 0.6 is 11.3 Å². The average Bonchev–Trinajstić information content (AvgIpc) is 3.07. The summed E-state index contributed by atoms with van der Waals surface area (Å²) < 4.78 is 0. The van der Waals surface area contributed by atoms with Crippen LogP contribution in [0.15, 0.2) is 29.6 Å². The minimum absolute atomic E-state index is 0.0936. The van der Waals surface area contributed by atoms with Crippen LogP contribution in [0.25, 0.3) is 0 Å². The van der Waals surface area contributed by atoms with Crippen molar-refractivity contribution in [3.63, 3.8) is 0 Å². The maximum Gasteiger partial charge on any atom is 0.238 e. The zero-order chi connectivity index (χ0) is 17.1. The third-order valence-electron chi connectivity index (χ3n) is 5.01. The Morgan fingerprint density at radius 2 is 1.96 bits per heavy atom. The molecule has 1 aliphatic rings. The fraction of sp³-hybridized carbons (Fsp3) is 0.450. The van der Waals surface area contributed by atoms with Gasteiger partial charge in [0.05, 0.1) is 6.54 Å². The van der Waals surface area contributed by atoms with Gasteiger partial charge in [-0.25, -0.2) is 0 Å². The lowest BCUT2D eigenvalue weighted by atomic mass is 10.0. The van der Waals surface area contributed by atoms with E-state index in [4.69, 9.17) is 0 Å². The topological polar surface area (TPSA) is 32.3 Å². The fourth-order valence-corrected chi connectivity index (χ4v) is 4.51. The normalized spacial score (nSPS) is 17.5. The van der Waals surface area contributed by atoms with E-state index in [9.17, 15) is 4.79 Å². The van der Waals surface area contributed by atoms with Gasteiger partial charge in [-0.05, 0) is 54.3 Å². The molecular weight excluding hydrogens is 316 g/mol. The van der Waals surface area contributed by atoms with Gasteiger partial charge in [-0.2, -0.15) is 0 Å². The number of carbonyl (C=O) groups is 1. The van der Waals surface area contributed by atoms with Crippen molar-refractivity contribution in [1.29, 1.82) is 0 Å². The fourth-order valence-electron chi connectivity index (χ4n) is 3.54. The highest BCUT2D eigenvalue weighted by Gasteiger charge is 2.26. The second-order valence-electron chi connectivity index (χ2n) is 6.40. The minimum atomic E-state index is 0.0936. The molecule has 0 fully saturated rings. The summed E-state index contributed by atoms with van der Waals surface area (Å²) in [5.41, 5.74) is 4.85. The number of amides is 1. The van der Waals surface area contributed by atoms with Crippen LogP contribution in [0.5, 0.6) is 0 Å². The number of para-hydroxylation sites is 1. The molecule has 24 heavy (non-hydrogen) atoms. The van der Waals surface area contributed by atoms with Crippen molar-refractivity contribution in [2.45, 2.75) is 46.1 Å². The minimum Gasteiger partial charge on any atom is -0.324 e. The van der Waals surface area contributed by atoms with Gasteiger partial charge in [0.15, 0.2) is 0 Å². The number of fused-ring (bicyclic) bond motifs is 1. The van der Waals surface area contributed by atoms with Crippen LogP contribution in [-0.2, 0) is 24.1 Å². The van der Waals surface area contributed by atoms with E-state index in [1.54, 1.807) is 0 Å². The number of hydrogen-bond acceptors (Lipinski definition) is 3. The van der Waals surface area contributed by atoms with E-state index < -0.39 is 0 Å². The Balaban J connectivity index is 1.71. The van der Waals surface area contributed by atoms with E-state index in [-0.39, 0.29) is 5.91 Å². The van der Waals surface area contributed by atoms with E-state index in [1.165, 1.54) is 21.6 Å². The molecule has 1 amide bonds. The molecule has 1 N–H and O–H groups in total. The third-order valence-corrected chi connectivity index (χ3v) is 6.01. The van der Waals surface area contributed by atoms with Crippen molar-refractivity contribution in [2.75, 3.05) is 18.4 Å². The molecule has 0 unspecified atom stereocenters. The van der Waals surface area contributed by atoms with Crippen molar-refractivity contribution in [3.05, 3.63) is 51.2 Å². The molecule has 0 bridgehead atoms. The van der Waals surface area contributed by atoms with Gasteiger partial charge >= 0.3 is 0 Å². The second-order valence-corrected chi connectivity index (χ2v) is 7.40. The summed E-state index contributed by atoms with van der Waals surface area (Å²) in [4.78, 5) is 16.4. The zero-order valence-electron chi connectivity index (χ0n) is 14.8. The van der Waals surface area contributed by atoms with Crippen LogP contribution in [0.4, 0.5) is 5.69 Å². The summed E-state index contributed by atoms with van der Waals surface area (Å²) in [5.74, 6) is 0.0936. The molecule has 128 valence electrons. The molecule has 0 radical (unpaired) electrons. The summed E-state index contributed by atoms with van der Waals surface area (Å²) in [6.45, 7) is 7.88. The van der Waals surface area contributed by atoms with Crippen LogP contribution in [0.3, 0.4) is 0 Å². The largest absolute Gasteiger partial charge is 0.324 e. The second kappa shape index (κ2) is 7.49. The van der Waals surface area contributed by atoms with Gasteiger partial charge in [-0.3, -0.25) is 9.69 Å². The molecule has 1 aromatic carbocycles. The first kappa shape index (κ1) is 17.2. The van der Waals surface area contributed by atoms with Crippen molar-refractivity contribution in [3.8, 4) is 0 Å². The maximum absolute atomic E-state index is 12.7. The molecular formula is C20H26N2OS. The van der Waals surface area contributed by atoms with E-state index in [0.717, 1.165) is 31.5 Å². The smallest absolute Gasteiger partial charge is 0.238 e. The number of thiophene rings is 1. The quantitative estimate of drug-likeness (QED) is 0.872. The lowest BCUT2D eigenvalue weighted by Gasteiger charge is -2.33. The summed E-state index contributed by atoms with van der Waals surface area (Å²) in [7, 11) is 0. The molecule has 0 saturated carbocycles. The predicted molar refractivity (Wildman–Crippen MR) is 102 cm³/mol. The van der Waals surface area contributed by atoms with Crippen LogP contribution in [0, 0.1) is 0 Å². The lowest BCUT2D eigenvalue weighted by Crippen LogP contribution is -2.39. The van der Waals surface area contributed by atoms with Gasteiger partial charge in [-0.1, -0.05) is 32.0 Å². The number of nitrogens with one attached hydrogen (secondary N) is 1. The first-order valence-corrected chi connectivity index (χ1v) is 9.72. The Kier molecular flexibility index (Phi) is 5.36. The summed E-state index contributed by atoms with van der Waals surface area (Å²) in [6.07, 6.45) is 2.92. The average molecular weight is 343 g/mol. The Labute approximate surface area is 148 Å². The molecule has 0 saturated heterocycles. The van der Waals surface area contributed by atoms with E-state index in [0.29, 0.717) is 12.6 Å². The molecule has 2 heterocycles. The Bertz CT molecular complexity index is 700. The first-order chi connectivity index (χ1) is 11.6. The van der Waals surface area contributed by atoms with E-state index in [2.05, 4.69) is 60.6 Å². The van der Waals surface area contributed by atoms with Gasteiger partial charge in [-0.15, -0.1) is 11.3 Å². The van der Waals surface area contributed by atoms with Crippen molar-refractivity contribution in [1.82, 2.24) is 4.90 Å². The number of benzene rings is 1. The Hall–Kier alpha value is -1.65. The number of hydrogen-bond donors (Lipinski definition) is 1. The summed E-state index contributed by atoms with van der Waals surface area (Å²) in [6, 6.07) is 8.82. The van der Waals surface area contributed by atoms with Gasteiger partial charge in [0.2, 0.25) is 5.91 Å². The van der Waals surface area contributed by atoms with Crippen molar-refractivity contribution in [2.24, 2.45) is 0 Å². The SMILES string of the molecule is CCc1cccc(CC)c1NC(=O)CN1CCc2sccc2[C@@H]1C. The standard InChI is InChI=1S/C20H26N2OS/c1-4-15-7-6-8-16(5-2)20(15)21-19(23)13-22-11-9-18-17(14(22)3)10-12-24-18/h6-8,10,12,14H,4-5,9,11,13H2,1-3H3,(H,21,23)/t14-/m0/s1. The molecule has 1 aliphatic heterocycles. The highest BCUT2D eigenvalue weighted by molar-refractivity contribution is 7.10. The zero-order valence-corrected chi connectivity index (χ0v) is 15.6. The van der Waals surface area contributed by atoms with Crippen LogP contribution in [-0.4, -0.2) is 23.9 Å². The number of nitrogens with zero attached hydrogens (tertiary/aromatic N) is 1. The van der Waals surface area contributed by atoms with E-state index >= 15 is 0 Å². The van der Waals surface area contributed by atoms with Crippen molar-refractivity contribution >= 4 is 22.9 Å².